The summed E-state index contributed by atoms with van der Waals surface area (Å²) in [6, 6.07) is 6.71. The van der Waals surface area contributed by atoms with Crippen LogP contribution >= 0.6 is 0 Å². The number of aromatic nitrogens is 2. The lowest BCUT2D eigenvalue weighted by Gasteiger charge is -2.07. The van der Waals surface area contributed by atoms with Crippen molar-refractivity contribution in [1.29, 1.82) is 0 Å². The van der Waals surface area contributed by atoms with Crippen LogP contribution in [0.4, 0.5) is 5.69 Å². The third kappa shape index (κ3) is 3.27. The second-order valence-electron chi connectivity index (χ2n) is 3.90. The summed E-state index contributed by atoms with van der Waals surface area (Å²) >= 11 is 0. The first-order chi connectivity index (χ1) is 8.55. The SMILES string of the molecule is CS(=O)(=O)c1cccc(NCc2cncnc2)c1. The fourth-order valence-electron chi connectivity index (χ4n) is 1.46. The van der Waals surface area contributed by atoms with Crippen LogP contribution in [0.2, 0.25) is 0 Å². The predicted octanol–water partition coefficient (Wildman–Crippen LogP) is 1.49. The summed E-state index contributed by atoms with van der Waals surface area (Å²) in [5, 5.41) is 3.13. The van der Waals surface area contributed by atoms with Crippen molar-refractivity contribution in [3.8, 4) is 0 Å². The first-order valence-corrected chi connectivity index (χ1v) is 7.23. The normalized spacial score (nSPS) is 11.2. The Kier molecular flexibility index (Phi) is 3.57. The molecule has 0 amide bonds. The highest BCUT2D eigenvalue weighted by Crippen LogP contribution is 2.15. The highest BCUT2D eigenvalue weighted by atomic mass is 32.2. The Hall–Kier alpha value is -1.95. The number of benzene rings is 1. The summed E-state index contributed by atoms with van der Waals surface area (Å²) in [6.45, 7) is 0.550. The van der Waals surface area contributed by atoms with Crippen LogP contribution in [-0.2, 0) is 16.4 Å². The average Bonchev–Trinajstić information content (AvgIpc) is 2.37. The predicted molar refractivity (Wildman–Crippen MR) is 68.9 cm³/mol. The zero-order valence-corrected chi connectivity index (χ0v) is 10.7. The van der Waals surface area contributed by atoms with Gasteiger partial charge in [0.1, 0.15) is 6.33 Å². The highest BCUT2D eigenvalue weighted by Gasteiger charge is 2.06. The molecule has 0 saturated heterocycles. The van der Waals surface area contributed by atoms with Crippen molar-refractivity contribution in [2.45, 2.75) is 11.4 Å². The highest BCUT2D eigenvalue weighted by molar-refractivity contribution is 7.90. The molecule has 0 radical (unpaired) electrons. The Morgan fingerprint density at radius 3 is 2.61 bits per heavy atom. The summed E-state index contributed by atoms with van der Waals surface area (Å²) in [5.41, 5.74) is 1.68. The van der Waals surface area contributed by atoms with Gasteiger partial charge >= 0.3 is 0 Å². The summed E-state index contributed by atoms with van der Waals surface area (Å²) in [6.07, 6.45) is 6.08. The van der Waals surface area contributed by atoms with Crippen LogP contribution in [0.25, 0.3) is 0 Å². The van der Waals surface area contributed by atoms with E-state index in [9.17, 15) is 8.42 Å². The molecule has 0 bridgehead atoms. The van der Waals surface area contributed by atoms with Gasteiger partial charge in [0.15, 0.2) is 9.84 Å². The molecule has 94 valence electrons. The van der Waals surface area contributed by atoms with E-state index in [1.165, 1.54) is 12.6 Å². The van der Waals surface area contributed by atoms with Crippen LogP contribution in [0.5, 0.6) is 0 Å². The Morgan fingerprint density at radius 2 is 1.94 bits per heavy atom. The Balaban J connectivity index is 2.11. The van der Waals surface area contributed by atoms with Crippen molar-refractivity contribution < 1.29 is 8.42 Å². The van der Waals surface area contributed by atoms with Crippen LogP contribution in [0.1, 0.15) is 5.56 Å². The van der Waals surface area contributed by atoms with Crippen LogP contribution in [0.3, 0.4) is 0 Å². The lowest BCUT2D eigenvalue weighted by Crippen LogP contribution is -2.02. The minimum atomic E-state index is -3.17. The lowest BCUT2D eigenvalue weighted by atomic mass is 10.3. The van der Waals surface area contributed by atoms with Crippen molar-refractivity contribution in [2.75, 3.05) is 11.6 Å². The molecule has 1 aromatic carbocycles. The van der Waals surface area contributed by atoms with E-state index in [1.807, 2.05) is 6.07 Å². The zero-order valence-electron chi connectivity index (χ0n) is 9.87. The van der Waals surface area contributed by atoms with E-state index in [4.69, 9.17) is 0 Å². The Labute approximate surface area is 106 Å². The van der Waals surface area contributed by atoms with Crippen molar-refractivity contribution in [2.24, 2.45) is 0 Å². The lowest BCUT2D eigenvalue weighted by molar-refractivity contribution is 0.602. The monoisotopic (exact) mass is 263 g/mol. The van der Waals surface area contributed by atoms with E-state index in [-0.39, 0.29) is 0 Å². The van der Waals surface area contributed by atoms with Crippen LogP contribution in [0.15, 0.2) is 47.9 Å². The number of sulfone groups is 1. The van der Waals surface area contributed by atoms with Crippen molar-refractivity contribution >= 4 is 15.5 Å². The molecule has 1 aromatic heterocycles. The molecule has 5 nitrogen and oxygen atoms in total. The maximum Gasteiger partial charge on any atom is 0.175 e. The van der Waals surface area contributed by atoms with Crippen molar-refractivity contribution in [3.05, 3.63) is 48.5 Å². The third-order valence-corrected chi connectivity index (χ3v) is 3.48. The molecule has 18 heavy (non-hydrogen) atoms. The molecule has 6 heteroatoms. The topological polar surface area (TPSA) is 72.0 Å². The molecular formula is C12H13N3O2S. The van der Waals surface area contributed by atoms with Gasteiger partial charge < -0.3 is 5.32 Å². The number of anilines is 1. The standard InChI is InChI=1S/C12H13N3O2S/c1-18(16,17)12-4-2-3-11(5-12)15-8-10-6-13-9-14-7-10/h2-7,9,15H,8H2,1H3. The molecule has 1 heterocycles. The number of nitrogens with one attached hydrogen (secondary N) is 1. The van der Waals surface area contributed by atoms with E-state index in [2.05, 4.69) is 15.3 Å². The fraction of sp³-hybridized carbons (Fsp3) is 0.167. The number of hydrogen-bond donors (Lipinski definition) is 1. The molecule has 2 aromatic rings. The molecule has 1 N–H and O–H groups in total. The zero-order chi connectivity index (χ0) is 13.0. The number of hydrogen-bond acceptors (Lipinski definition) is 5. The van der Waals surface area contributed by atoms with Crippen molar-refractivity contribution in [3.63, 3.8) is 0 Å². The minimum Gasteiger partial charge on any atom is -0.381 e. The van der Waals surface area contributed by atoms with Gasteiger partial charge in [-0.2, -0.15) is 0 Å². The van der Waals surface area contributed by atoms with E-state index in [0.717, 1.165) is 11.3 Å². The molecule has 0 aliphatic rings. The maximum atomic E-state index is 11.4. The molecule has 2 rings (SSSR count). The van der Waals surface area contributed by atoms with Gasteiger partial charge in [0.2, 0.25) is 0 Å². The van der Waals surface area contributed by atoms with Gasteiger partial charge in [-0.15, -0.1) is 0 Å². The minimum absolute atomic E-state index is 0.303. The number of rotatable bonds is 4. The Morgan fingerprint density at radius 1 is 1.22 bits per heavy atom. The van der Waals surface area contributed by atoms with Crippen LogP contribution in [-0.4, -0.2) is 24.6 Å². The van der Waals surface area contributed by atoms with Gasteiger partial charge in [-0.25, -0.2) is 18.4 Å². The van der Waals surface area contributed by atoms with E-state index < -0.39 is 9.84 Å². The molecule has 0 atom stereocenters. The van der Waals surface area contributed by atoms with Gasteiger partial charge in [-0.1, -0.05) is 6.07 Å². The third-order valence-electron chi connectivity index (χ3n) is 2.37. The molecule has 0 unspecified atom stereocenters. The second kappa shape index (κ2) is 5.14. The van der Waals surface area contributed by atoms with Crippen LogP contribution in [0, 0.1) is 0 Å². The van der Waals surface area contributed by atoms with Gasteiger partial charge in [0, 0.05) is 36.4 Å². The summed E-state index contributed by atoms with van der Waals surface area (Å²) in [7, 11) is -3.17. The molecule has 0 aliphatic heterocycles. The van der Waals surface area contributed by atoms with E-state index in [0.29, 0.717) is 11.4 Å². The van der Waals surface area contributed by atoms with Gasteiger partial charge in [-0.05, 0) is 18.2 Å². The maximum absolute atomic E-state index is 11.4. The van der Waals surface area contributed by atoms with Gasteiger partial charge in [0.25, 0.3) is 0 Å². The summed E-state index contributed by atoms with van der Waals surface area (Å²) < 4.78 is 22.8. The van der Waals surface area contributed by atoms with E-state index in [1.54, 1.807) is 30.6 Å². The first-order valence-electron chi connectivity index (χ1n) is 5.33. The first kappa shape index (κ1) is 12.5. The molecule has 0 saturated carbocycles. The average molecular weight is 263 g/mol. The van der Waals surface area contributed by atoms with Gasteiger partial charge in [0.05, 0.1) is 4.90 Å². The summed E-state index contributed by atoms with van der Waals surface area (Å²) in [4.78, 5) is 8.12. The van der Waals surface area contributed by atoms with Crippen LogP contribution < -0.4 is 5.32 Å². The summed E-state index contributed by atoms with van der Waals surface area (Å²) in [5.74, 6) is 0. The fourth-order valence-corrected chi connectivity index (χ4v) is 2.13. The Bertz CT molecular complexity index is 627. The van der Waals surface area contributed by atoms with Crippen molar-refractivity contribution in [1.82, 2.24) is 9.97 Å². The molecule has 0 fully saturated rings. The molecule has 0 spiro atoms. The quantitative estimate of drug-likeness (QED) is 0.905. The van der Waals surface area contributed by atoms with Gasteiger partial charge in [-0.3, -0.25) is 0 Å². The smallest absolute Gasteiger partial charge is 0.175 e. The number of nitrogens with zero attached hydrogens (tertiary/aromatic N) is 2. The molecular weight excluding hydrogens is 250 g/mol. The second-order valence-corrected chi connectivity index (χ2v) is 5.92. The largest absolute Gasteiger partial charge is 0.381 e. The molecule has 0 aliphatic carbocycles. The van der Waals surface area contributed by atoms with E-state index >= 15 is 0 Å².